The highest BCUT2D eigenvalue weighted by Gasteiger charge is 2.38. The summed E-state index contributed by atoms with van der Waals surface area (Å²) in [6.45, 7) is 0. The smallest absolute Gasteiger partial charge is 0.135 e. The molecule has 10 aromatic rings. The highest BCUT2D eigenvalue weighted by Crippen LogP contribution is 2.49. The first-order valence-corrected chi connectivity index (χ1v) is 19.7. The maximum Gasteiger partial charge on any atom is 0.135 e. The van der Waals surface area contributed by atoms with Gasteiger partial charge in [-0.3, -0.25) is 0 Å². The molecule has 8 aromatic carbocycles. The van der Waals surface area contributed by atoms with Crippen LogP contribution in [0.1, 0.15) is 17.0 Å². The van der Waals surface area contributed by atoms with Crippen LogP contribution >= 0.6 is 0 Å². The fraction of sp³-hybridized carbons (Fsp3) is 0.0370. The van der Waals surface area contributed by atoms with E-state index < -0.39 is 0 Å². The molecule has 0 amide bonds. The second-order valence-electron chi connectivity index (χ2n) is 15.3. The Morgan fingerprint density at radius 3 is 1.89 bits per heavy atom. The van der Waals surface area contributed by atoms with Crippen LogP contribution in [0.3, 0.4) is 0 Å². The molecule has 3 heteroatoms. The van der Waals surface area contributed by atoms with E-state index in [0.29, 0.717) is 0 Å². The quantitative estimate of drug-likeness (QED) is 0.176. The zero-order valence-corrected chi connectivity index (χ0v) is 31.1. The molecule has 1 aliphatic heterocycles. The maximum atomic E-state index is 6.10. The van der Waals surface area contributed by atoms with Crippen molar-refractivity contribution >= 4 is 60.7 Å². The first kappa shape index (κ1) is 31.9. The second kappa shape index (κ2) is 12.6. The molecule has 0 saturated carbocycles. The number of fused-ring (bicyclic) bond motifs is 9. The molecule has 3 heterocycles. The minimum atomic E-state index is 0.190. The molecular weight excluding hydrogens is 693 g/mol. The fourth-order valence-electron chi connectivity index (χ4n) is 9.43. The van der Waals surface area contributed by atoms with Gasteiger partial charge in [0.2, 0.25) is 0 Å². The molecule has 3 nitrogen and oxygen atoms in total. The number of nitrogens with zero attached hydrogens (tertiary/aromatic N) is 2. The van der Waals surface area contributed by atoms with Crippen molar-refractivity contribution in [2.45, 2.75) is 12.0 Å². The third-order valence-electron chi connectivity index (χ3n) is 12.1. The van der Waals surface area contributed by atoms with E-state index in [-0.39, 0.29) is 12.0 Å². The Kier molecular flexibility index (Phi) is 7.05. The van der Waals surface area contributed by atoms with Gasteiger partial charge >= 0.3 is 0 Å². The third kappa shape index (κ3) is 5.06. The molecule has 12 rings (SSSR count). The molecule has 2 aliphatic rings. The van der Waals surface area contributed by atoms with Gasteiger partial charge in [0.1, 0.15) is 11.2 Å². The largest absolute Gasteiger partial charge is 0.456 e. The predicted octanol–water partition coefficient (Wildman–Crippen LogP) is 14.3. The summed E-state index contributed by atoms with van der Waals surface area (Å²) in [5.74, 6) is 0.234. The van der Waals surface area contributed by atoms with Crippen molar-refractivity contribution in [2.75, 3.05) is 4.90 Å². The summed E-state index contributed by atoms with van der Waals surface area (Å²) >= 11 is 0. The van der Waals surface area contributed by atoms with Crippen LogP contribution in [0.25, 0.3) is 77.3 Å². The van der Waals surface area contributed by atoms with Gasteiger partial charge in [-0.25, -0.2) is 0 Å². The van der Waals surface area contributed by atoms with Crippen molar-refractivity contribution in [3.8, 4) is 27.9 Å². The van der Waals surface area contributed by atoms with Crippen LogP contribution in [0.2, 0.25) is 0 Å². The topological polar surface area (TPSA) is 21.3 Å². The van der Waals surface area contributed by atoms with Crippen LogP contribution in [-0.2, 0) is 0 Å². The molecule has 268 valence electrons. The van der Waals surface area contributed by atoms with Gasteiger partial charge in [-0.05, 0) is 106 Å². The number of para-hydroxylation sites is 3. The normalized spacial score (nSPS) is 16.1. The third-order valence-corrected chi connectivity index (χ3v) is 12.1. The predicted molar refractivity (Wildman–Crippen MR) is 238 cm³/mol. The lowest BCUT2D eigenvalue weighted by Crippen LogP contribution is -2.28. The molecule has 2 unspecified atom stereocenters. The van der Waals surface area contributed by atoms with E-state index in [1.54, 1.807) is 0 Å². The fourth-order valence-corrected chi connectivity index (χ4v) is 9.43. The first-order valence-electron chi connectivity index (χ1n) is 19.7. The molecule has 0 spiro atoms. The van der Waals surface area contributed by atoms with Crippen LogP contribution in [0, 0.1) is 0 Å². The zero-order valence-electron chi connectivity index (χ0n) is 31.1. The number of hydrogen-bond acceptors (Lipinski definition) is 2. The van der Waals surface area contributed by atoms with Crippen molar-refractivity contribution in [3.05, 3.63) is 217 Å². The van der Waals surface area contributed by atoms with Crippen molar-refractivity contribution < 1.29 is 4.42 Å². The Balaban J connectivity index is 0.880. The van der Waals surface area contributed by atoms with Gasteiger partial charge in [0, 0.05) is 44.5 Å². The Hall–Kier alpha value is -7.36. The molecule has 57 heavy (non-hydrogen) atoms. The van der Waals surface area contributed by atoms with E-state index in [9.17, 15) is 0 Å². The lowest BCUT2D eigenvalue weighted by molar-refractivity contribution is 0.669. The summed E-state index contributed by atoms with van der Waals surface area (Å²) < 4.78 is 8.50. The Morgan fingerprint density at radius 2 is 1.04 bits per heavy atom. The highest BCUT2D eigenvalue weighted by molar-refractivity contribution is 6.10. The van der Waals surface area contributed by atoms with Crippen LogP contribution < -0.4 is 4.90 Å². The summed E-state index contributed by atoms with van der Waals surface area (Å²) in [4.78, 5) is 2.51. The summed E-state index contributed by atoms with van der Waals surface area (Å²) in [6, 6.07) is 68.3. The van der Waals surface area contributed by atoms with Gasteiger partial charge in [-0.1, -0.05) is 140 Å². The Morgan fingerprint density at radius 1 is 0.421 bits per heavy atom. The lowest BCUT2D eigenvalue weighted by atomic mass is 9.86. The molecule has 2 aromatic heterocycles. The van der Waals surface area contributed by atoms with Crippen LogP contribution in [-0.4, -0.2) is 10.6 Å². The molecule has 0 bridgehead atoms. The first-order chi connectivity index (χ1) is 28.2. The number of rotatable bonds is 5. The van der Waals surface area contributed by atoms with E-state index in [1.807, 2.05) is 12.1 Å². The van der Waals surface area contributed by atoms with E-state index in [4.69, 9.17) is 4.42 Å². The lowest BCUT2D eigenvalue weighted by Gasteiger charge is -2.30. The van der Waals surface area contributed by atoms with E-state index >= 15 is 0 Å². The van der Waals surface area contributed by atoms with E-state index in [2.05, 4.69) is 204 Å². The summed E-state index contributed by atoms with van der Waals surface area (Å²) in [5.41, 5.74) is 16.6. The molecule has 0 saturated heterocycles. The summed E-state index contributed by atoms with van der Waals surface area (Å²) in [6.07, 6.45) is 7.24. The number of hydrogen-bond donors (Lipinski definition) is 0. The van der Waals surface area contributed by atoms with Gasteiger partial charge in [-0.15, -0.1) is 0 Å². The van der Waals surface area contributed by atoms with Gasteiger partial charge in [0.15, 0.2) is 0 Å². The molecule has 0 fully saturated rings. The molecule has 2 atom stereocenters. The van der Waals surface area contributed by atoms with Crippen molar-refractivity contribution in [2.24, 2.45) is 0 Å². The molecule has 0 N–H and O–H groups in total. The van der Waals surface area contributed by atoms with Gasteiger partial charge in [0.25, 0.3) is 0 Å². The number of aromatic nitrogens is 1. The summed E-state index contributed by atoms with van der Waals surface area (Å²) in [7, 11) is 0. The Labute approximate surface area is 330 Å². The van der Waals surface area contributed by atoms with Crippen LogP contribution in [0.5, 0.6) is 0 Å². The van der Waals surface area contributed by atoms with Crippen molar-refractivity contribution in [3.63, 3.8) is 0 Å². The highest BCUT2D eigenvalue weighted by atomic mass is 16.3. The average molecular weight is 729 g/mol. The number of benzene rings is 8. The minimum Gasteiger partial charge on any atom is -0.456 e. The number of anilines is 2. The van der Waals surface area contributed by atoms with Crippen LogP contribution in [0.4, 0.5) is 11.4 Å². The number of allylic oxidation sites excluding steroid dienone is 2. The van der Waals surface area contributed by atoms with Gasteiger partial charge < -0.3 is 13.9 Å². The standard InChI is InChI=1S/C54H36N2O/c1-2-10-35(11-3-1)36-18-25-41(26-19-36)55-49-15-7-4-12-43(49)46-32-39(22-29-51(46)55)40-23-30-52-47(33-40)44-13-5-8-16-50(44)56(52)42-27-20-37(21-28-42)38-24-31-54-48(34-38)45-14-6-9-17-53(45)57-54/h1-34,47,52H. The van der Waals surface area contributed by atoms with Crippen molar-refractivity contribution in [1.82, 2.24) is 4.57 Å². The van der Waals surface area contributed by atoms with Crippen LogP contribution in [0.15, 0.2) is 211 Å². The molecular formula is C54H36N2O. The van der Waals surface area contributed by atoms with Gasteiger partial charge in [-0.2, -0.15) is 0 Å². The van der Waals surface area contributed by atoms with Crippen molar-refractivity contribution in [1.29, 1.82) is 0 Å². The second-order valence-corrected chi connectivity index (χ2v) is 15.3. The Bertz CT molecular complexity index is 3240. The summed E-state index contributed by atoms with van der Waals surface area (Å²) in [5, 5.41) is 4.83. The van der Waals surface area contributed by atoms with E-state index in [0.717, 1.165) is 27.6 Å². The minimum absolute atomic E-state index is 0.190. The van der Waals surface area contributed by atoms with Gasteiger partial charge in [0.05, 0.1) is 17.1 Å². The molecule has 0 radical (unpaired) electrons. The monoisotopic (exact) mass is 728 g/mol. The van der Waals surface area contributed by atoms with E-state index in [1.165, 1.54) is 72.1 Å². The molecule has 1 aliphatic carbocycles. The zero-order chi connectivity index (χ0) is 37.5. The number of furan rings is 1. The average Bonchev–Trinajstić information content (AvgIpc) is 3.94. The SMILES string of the molecule is C1=CC2C(C=C1c1ccc3c(c1)c1ccccc1n3-c1ccc(-c3ccccc3)cc1)c1ccccc1N2c1ccc(-c2ccc3oc4ccccc4c3c2)cc1. The maximum absolute atomic E-state index is 6.10.